The maximum atomic E-state index is 12.6. The molecule has 1 aliphatic heterocycles. The van der Waals surface area contributed by atoms with Crippen LogP contribution in [-0.4, -0.2) is 51.9 Å². The lowest BCUT2D eigenvalue weighted by Gasteiger charge is -2.36. The first kappa shape index (κ1) is 17.5. The molecule has 1 aromatic heterocycles. The minimum Gasteiger partial charge on any atom is -0.338 e. The van der Waals surface area contributed by atoms with E-state index >= 15 is 0 Å². The summed E-state index contributed by atoms with van der Waals surface area (Å²) in [6, 6.07) is 11.0. The number of aromatic nitrogens is 2. The highest BCUT2D eigenvalue weighted by Crippen LogP contribution is 2.19. The Morgan fingerprint density at radius 2 is 1.80 bits per heavy atom. The number of hydrogen-bond donors (Lipinski definition) is 0. The molecule has 0 unspecified atom stereocenters. The Hall–Kier alpha value is -2.27. The normalized spacial score (nSPS) is 15.6. The summed E-state index contributed by atoms with van der Waals surface area (Å²) in [5.41, 5.74) is 1.92. The number of carbonyl (C=O) groups excluding carboxylic acids is 1. The lowest BCUT2D eigenvalue weighted by molar-refractivity contribution is 0.0638. The van der Waals surface area contributed by atoms with Gasteiger partial charge in [-0.05, 0) is 25.5 Å². The first-order valence-electron chi connectivity index (χ1n) is 9.01. The first-order chi connectivity index (χ1) is 12.2. The van der Waals surface area contributed by atoms with Gasteiger partial charge in [-0.1, -0.05) is 37.3 Å². The van der Waals surface area contributed by atoms with Gasteiger partial charge in [0.2, 0.25) is 0 Å². The molecule has 1 amide bonds. The van der Waals surface area contributed by atoms with Crippen LogP contribution in [0.5, 0.6) is 0 Å². The molecule has 0 spiro atoms. The van der Waals surface area contributed by atoms with E-state index in [1.165, 1.54) is 5.56 Å². The molecule has 0 bridgehead atoms. The zero-order chi connectivity index (χ0) is 17.6. The van der Waals surface area contributed by atoms with Crippen LogP contribution in [0.2, 0.25) is 0 Å². The standard InChI is InChI=1S/C20H26N4O/c1-3-19-21-13-17(14-22-19)20(25)24-11-9-18(10-12-24)23(2)15-16-7-5-4-6-8-16/h4-8,13-14,18H,3,9-12,15H2,1-2H3. The third kappa shape index (κ3) is 4.42. The van der Waals surface area contributed by atoms with E-state index in [1.54, 1.807) is 12.4 Å². The van der Waals surface area contributed by atoms with E-state index < -0.39 is 0 Å². The Morgan fingerprint density at radius 1 is 1.16 bits per heavy atom. The summed E-state index contributed by atoms with van der Waals surface area (Å²) < 4.78 is 0. The molecule has 0 saturated carbocycles. The summed E-state index contributed by atoms with van der Waals surface area (Å²) >= 11 is 0. The van der Waals surface area contributed by atoms with Crippen molar-refractivity contribution in [2.75, 3.05) is 20.1 Å². The summed E-state index contributed by atoms with van der Waals surface area (Å²) in [4.78, 5) is 25.4. The van der Waals surface area contributed by atoms with Crippen LogP contribution in [0.4, 0.5) is 0 Å². The molecule has 1 fully saturated rings. The number of aryl methyl sites for hydroxylation is 1. The van der Waals surface area contributed by atoms with Gasteiger partial charge in [-0.15, -0.1) is 0 Å². The Bertz CT molecular complexity index is 679. The number of nitrogens with zero attached hydrogens (tertiary/aromatic N) is 4. The van der Waals surface area contributed by atoms with Gasteiger partial charge < -0.3 is 4.90 Å². The van der Waals surface area contributed by atoms with Gasteiger partial charge in [0.25, 0.3) is 5.91 Å². The fraction of sp³-hybridized carbons (Fsp3) is 0.450. The highest BCUT2D eigenvalue weighted by molar-refractivity contribution is 5.93. The lowest BCUT2D eigenvalue weighted by atomic mass is 10.0. The molecule has 1 saturated heterocycles. The van der Waals surface area contributed by atoms with Crippen LogP contribution in [0.3, 0.4) is 0 Å². The second-order valence-corrected chi connectivity index (χ2v) is 6.67. The predicted octanol–water partition coefficient (Wildman–Crippen LogP) is 2.78. The van der Waals surface area contributed by atoms with E-state index in [4.69, 9.17) is 0 Å². The molecule has 1 aromatic carbocycles. The van der Waals surface area contributed by atoms with Crippen molar-refractivity contribution in [3.8, 4) is 0 Å². The number of benzene rings is 1. The largest absolute Gasteiger partial charge is 0.338 e. The van der Waals surface area contributed by atoms with Gasteiger partial charge in [0.1, 0.15) is 5.82 Å². The Labute approximate surface area is 149 Å². The third-order valence-corrected chi connectivity index (χ3v) is 4.92. The molecule has 132 valence electrons. The van der Waals surface area contributed by atoms with Crippen LogP contribution in [0.15, 0.2) is 42.7 Å². The molecule has 5 heteroatoms. The SMILES string of the molecule is CCc1ncc(C(=O)N2CCC(N(C)Cc3ccccc3)CC2)cn1. The van der Waals surface area contributed by atoms with Crippen molar-refractivity contribution in [1.29, 1.82) is 0 Å². The van der Waals surface area contributed by atoms with Crippen LogP contribution in [0.25, 0.3) is 0 Å². The van der Waals surface area contributed by atoms with Gasteiger partial charge in [-0.25, -0.2) is 9.97 Å². The van der Waals surface area contributed by atoms with Crippen molar-refractivity contribution in [2.24, 2.45) is 0 Å². The molecule has 0 aliphatic carbocycles. The summed E-state index contributed by atoms with van der Waals surface area (Å²) in [5.74, 6) is 0.824. The van der Waals surface area contributed by atoms with E-state index in [9.17, 15) is 4.79 Å². The van der Waals surface area contributed by atoms with Crippen LogP contribution in [-0.2, 0) is 13.0 Å². The van der Waals surface area contributed by atoms with Gasteiger partial charge in [-0.3, -0.25) is 9.69 Å². The zero-order valence-electron chi connectivity index (χ0n) is 15.1. The Balaban J connectivity index is 1.53. The topological polar surface area (TPSA) is 49.3 Å². The maximum absolute atomic E-state index is 12.6. The smallest absolute Gasteiger partial charge is 0.256 e. The van der Waals surface area contributed by atoms with Crippen LogP contribution < -0.4 is 0 Å². The maximum Gasteiger partial charge on any atom is 0.256 e. The third-order valence-electron chi connectivity index (χ3n) is 4.92. The average molecular weight is 338 g/mol. The molecule has 0 atom stereocenters. The second-order valence-electron chi connectivity index (χ2n) is 6.67. The van der Waals surface area contributed by atoms with E-state index in [0.29, 0.717) is 11.6 Å². The van der Waals surface area contributed by atoms with Crippen molar-refractivity contribution in [3.63, 3.8) is 0 Å². The van der Waals surface area contributed by atoms with Crippen LogP contribution in [0.1, 0.15) is 41.5 Å². The number of hydrogen-bond acceptors (Lipinski definition) is 4. The zero-order valence-corrected chi connectivity index (χ0v) is 15.1. The fourth-order valence-electron chi connectivity index (χ4n) is 3.34. The molecule has 0 N–H and O–H groups in total. The number of likely N-dealkylation sites (tertiary alicyclic amines) is 1. The van der Waals surface area contributed by atoms with Crippen molar-refractivity contribution in [3.05, 3.63) is 59.7 Å². The average Bonchev–Trinajstić information content (AvgIpc) is 2.68. The van der Waals surface area contributed by atoms with Gasteiger partial charge in [-0.2, -0.15) is 0 Å². The van der Waals surface area contributed by atoms with Crippen molar-refractivity contribution >= 4 is 5.91 Å². The van der Waals surface area contributed by atoms with E-state index in [-0.39, 0.29) is 5.91 Å². The van der Waals surface area contributed by atoms with Crippen LogP contribution >= 0.6 is 0 Å². The second kappa shape index (κ2) is 8.21. The van der Waals surface area contributed by atoms with Gasteiger partial charge >= 0.3 is 0 Å². The molecular weight excluding hydrogens is 312 g/mol. The summed E-state index contributed by atoms with van der Waals surface area (Å²) in [5, 5.41) is 0. The Kier molecular flexibility index (Phi) is 5.76. The van der Waals surface area contributed by atoms with E-state index in [2.05, 4.69) is 46.2 Å². The van der Waals surface area contributed by atoms with Crippen molar-refractivity contribution in [2.45, 2.75) is 38.8 Å². The van der Waals surface area contributed by atoms with Crippen molar-refractivity contribution in [1.82, 2.24) is 19.8 Å². The molecule has 25 heavy (non-hydrogen) atoms. The fourth-order valence-corrected chi connectivity index (χ4v) is 3.34. The first-order valence-corrected chi connectivity index (χ1v) is 9.01. The molecular formula is C20H26N4O. The Morgan fingerprint density at radius 3 is 2.40 bits per heavy atom. The van der Waals surface area contributed by atoms with Gasteiger partial charge in [0.05, 0.1) is 5.56 Å². The molecule has 2 heterocycles. The summed E-state index contributed by atoms with van der Waals surface area (Å²) in [7, 11) is 2.17. The van der Waals surface area contributed by atoms with E-state index in [1.807, 2.05) is 17.9 Å². The minimum atomic E-state index is 0.0480. The lowest BCUT2D eigenvalue weighted by Crippen LogP contribution is -2.45. The summed E-state index contributed by atoms with van der Waals surface area (Å²) in [6.45, 7) is 4.54. The number of rotatable bonds is 5. The molecule has 2 aromatic rings. The predicted molar refractivity (Wildman–Crippen MR) is 98.2 cm³/mol. The van der Waals surface area contributed by atoms with E-state index in [0.717, 1.165) is 44.7 Å². The minimum absolute atomic E-state index is 0.0480. The molecule has 0 radical (unpaired) electrons. The quantitative estimate of drug-likeness (QED) is 0.841. The number of carbonyl (C=O) groups is 1. The summed E-state index contributed by atoms with van der Waals surface area (Å²) in [6.07, 6.45) is 6.10. The monoisotopic (exact) mass is 338 g/mol. The number of piperidine rings is 1. The van der Waals surface area contributed by atoms with Gasteiger partial charge in [0, 0.05) is 44.5 Å². The number of amides is 1. The van der Waals surface area contributed by atoms with Crippen molar-refractivity contribution < 1.29 is 4.79 Å². The van der Waals surface area contributed by atoms with Crippen LogP contribution in [0, 0.1) is 0 Å². The highest BCUT2D eigenvalue weighted by atomic mass is 16.2. The molecule has 3 rings (SSSR count). The highest BCUT2D eigenvalue weighted by Gasteiger charge is 2.26. The molecule has 1 aliphatic rings. The van der Waals surface area contributed by atoms with Gasteiger partial charge in [0.15, 0.2) is 0 Å². The molecule has 5 nitrogen and oxygen atoms in total.